The van der Waals surface area contributed by atoms with E-state index in [2.05, 4.69) is 12.2 Å². The lowest BCUT2D eigenvalue weighted by Gasteiger charge is -2.09. The standard InChI is InChI=1S/C13H19ClN2OS/c1-9-3-4-12(11(14)5-9)16-13(17)8-18-7-10(2)6-15/h3-5,10H,6-8,15H2,1-2H3,(H,16,17). The molecule has 1 aromatic rings. The summed E-state index contributed by atoms with van der Waals surface area (Å²) in [5.74, 6) is 1.72. The van der Waals surface area contributed by atoms with Gasteiger partial charge in [0, 0.05) is 0 Å². The molecule has 1 rings (SSSR count). The lowest BCUT2D eigenvalue weighted by Crippen LogP contribution is -2.17. The summed E-state index contributed by atoms with van der Waals surface area (Å²) in [7, 11) is 0. The Bertz CT molecular complexity index is 412. The van der Waals surface area contributed by atoms with Crippen molar-refractivity contribution >= 4 is 35.0 Å². The van der Waals surface area contributed by atoms with Crippen molar-refractivity contribution < 1.29 is 4.79 Å². The molecule has 3 nitrogen and oxygen atoms in total. The fourth-order valence-corrected chi connectivity index (χ4v) is 2.52. The molecule has 18 heavy (non-hydrogen) atoms. The van der Waals surface area contributed by atoms with E-state index in [9.17, 15) is 4.79 Å². The first kappa shape index (κ1) is 15.3. The lowest BCUT2D eigenvalue weighted by molar-refractivity contribution is -0.113. The minimum Gasteiger partial charge on any atom is -0.330 e. The van der Waals surface area contributed by atoms with E-state index in [1.807, 2.05) is 25.1 Å². The molecule has 0 radical (unpaired) electrons. The van der Waals surface area contributed by atoms with E-state index in [0.29, 0.717) is 28.9 Å². The zero-order chi connectivity index (χ0) is 13.5. The summed E-state index contributed by atoms with van der Waals surface area (Å²) in [5, 5.41) is 3.38. The minimum atomic E-state index is -0.0324. The molecule has 1 aromatic carbocycles. The van der Waals surface area contributed by atoms with E-state index in [-0.39, 0.29) is 5.91 Å². The molecule has 1 unspecified atom stereocenters. The average molecular weight is 287 g/mol. The summed E-state index contributed by atoms with van der Waals surface area (Å²) in [6, 6.07) is 5.58. The largest absolute Gasteiger partial charge is 0.330 e. The highest BCUT2D eigenvalue weighted by atomic mass is 35.5. The Morgan fingerprint density at radius 3 is 2.89 bits per heavy atom. The topological polar surface area (TPSA) is 55.1 Å². The van der Waals surface area contributed by atoms with Crippen molar-refractivity contribution in [3.63, 3.8) is 0 Å². The zero-order valence-corrected chi connectivity index (χ0v) is 12.3. The Kier molecular flexibility index (Phi) is 6.54. The van der Waals surface area contributed by atoms with Gasteiger partial charge in [0.2, 0.25) is 5.91 Å². The van der Waals surface area contributed by atoms with Crippen molar-refractivity contribution in [1.29, 1.82) is 0 Å². The minimum absolute atomic E-state index is 0.0324. The molecule has 1 atom stereocenters. The first-order valence-electron chi connectivity index (χ1n) is 5.86. The normalized spacial score (nSPS) is 12.2. The van der Waals surface area contributed by atoms with Crippen LogP contribution in [0.25, 0.3) is 0 Å². The van der Waals surface area contributed by atoms with Gasteiger partial charge in [0.1, 0.15) is 0 Å². The Labute approximate surface area is 117 Å². The summed E-state index contributed by atoms with van der Waals surface area (Å²) in [6.45, 7) is 4.68. The number of thioether (sulfide) groups is 1. The van der Waals surface area contributed by atoms with E-state index >= 15 is 0 Å². The van der Waals surface area contributed by atoms with Crippen molar-refractivity contribution in [3.05, 3.63) is 28.8 Å². The number of anilines is 1. The molecule has 1 amide bonds. The van der Waals surface area contributed by atoms with Crippen LogP contribution >= 0.6 is 23.4 Å². The Morgan fingerprint density at radius 1 is 1.56 bits per heavy atom. The highest BCUT2D eigenvalue weighted by molar-refractivity contribution is 7.99. The molecule has 0 aliphatic rings. The number of aryl methyl sites for hydroxylation is 1. The number of amides is 1. The molecule has 5 heteroatoms. The quantitative estimate of drug-likeness (QED) is 0.845. The van der Waals surface area contributed by atoms with Crippen LogP contribution in [0.2, 0.25) is 5.02 Å². The number of carbonyl (C=O) groups excluding carboxylic acids is 1. The molecule has 3 N–H and O–H groups in total. The number of hydrogen-bond acceptors (Lipinski definition) is 3. The molecule has 0 aliphatic heterocycles. The predicted molar refractivity (Wildman–Crippen MR) is 80.4 cm³/mol. The maximum atomic E-state index is 11.7. The molecule has 0 bridgehead atoms. The predicted octanol–water partition coefficient (Wildman–Crippen LogP) is 2.91. The molecular weight excluding hydrogens is 268 g/mol. The van der Waals surface area contributed by atoms with E-state index in [0.717, 1.165) is 11.3 Å². The number of hydrogen-bond donors (Lipinski definition) is 2. The number of carbonyl (C=O) groups is 1. The van der Waals surface area contributed by atoms with Crippen LogP contribution in [0.1, 0.15) is 12.5 Å². The molecule has 0 fully saturated rings. The number of benzene rings is 1. The summed E-state index contributed by atoms with van der Waals surface area (Å²) in [6.07, 6.45) is 0. The van der Waals surface area contributed by atoms with Crippen molar-refractivity contribution in [2.75, 3.05) is 23.4 Å². The van der Waals surface area contributed by atoms with Gasteiger partial charge < -0.3 is 11.1 Å². The van der Waals surface area contributed by atoms with Crippen LogP contribution < -0.4 is 11.1 Å². The van der Waals surface area contributed by atoms with Gasteiger partial charge in [-0.2, -0.15) is 11.8 Å². The van der Waals surface area contributed by atoms with E-state index in [1.54, 1.807) is 11.8 Å². The van der Waals surface area contributed by atoms with Crippen LogP contribution in [0.4, 0.5) is 5.69 Å². The van der Waals surface area contributed by atoms with Crippen LogP contribution in [0.5, 0.6) is 0 Å². The first-order chi connectivity index (χ1) is 8.52. The van der Waals surface area contributed by atoms with Crippen molar-refractivity contribution in [3.8, 4) is 0 Å². The first-order valence-corrected chi connectivity index (χ1v) is 7.40. The van der Waals surface area contributed by atoms with Gasteiger partial charge in [-0.1, -0.05) is 24.6 Å². The molecule has 0 spiro atoms. The highest BCUT2D eigenvalue weighted by Gasteiger charge is 2.07. The van der Waals surface area contributed by atoms with Gasteiger partial charge in [0.15, 0.2) is 0 Å². The lowest BCUT2D eigenvalue weighted by atomic mass is 10.2. The Balaban J connectivity index is 2.40. The van der Waals surface area contributed by atoms with Crippen LogP contribution in [-0.2, 0) is 4.79 Å². The van der Waals surface area contributed by atoms with Crippen molar-refractivity contribution in [2.45, 2.75) is 13.8 Å². The third kappa shape index (κ3) is 5.29. The monoisotopic (exact) mass is 286 g/mol. The average Bonchev–Trinajstić information content (AvgIpc) is 2.32. The number of nitrogens with two attached hydrogens (primary N) is 1. The summed E-state index contributed by atoms with van der Waals surface area (Å²) >= 11 is 7.63. The number of halogens is 1. The van der Waals surface area contributed by atoms with Crippen molar-refractivity contribution in [2.24, 2.45) is 11.7 Å². The van der Waals surface area contributed by atoms with Gasteiger partial charge in [-0.05, 0) is 42.8 Å². The molecule has 0 aromatic heterocycles. The van der Waals surface area contributed by atoms with Gasteiger partial charge >= 0.3 is 0 Å². The molecule has 0 heterocycles. The zero-order valence-electron chi connectivity index (χ0n) is 10.7. The number of rotatable bonds is 6. The van der Waals surface area contributed by atoms with Crippen molar-refractivity contribution in [1.82, 2.24) is 0 Å². The van der Waals surface area contributed by atoms with E-state index in [4.69, 9.17) is 17.3 Å². The maximum Gasteiger partial charge on any atom is 0.234 e. The summed E-state index contributed by atoms with van der Waals surface area (Å²) in [5.41, 5.74) is 7.25. The third-order valence-electron chi connectivity index (χ3n) is 2.44. The Hall–Kier alpha value is -0.710. The number of nitrogens with one attached hydrogen (secondary N) is 1. The molecule has 0 aliphatic carbocycles. The molecule has 100 valence electrons. The smallest absolute Gasteiger partial charge is 0.234 e. The molecule has 0 saturated heterocycles. The van der Waals surface area contributed by atoms with Crippen LogP contribution in [0.3, 0.4) is 0 Å². The molecular formula is C13H19ClN2OS. The second-order valence-electron chi connectivity index (χ2n) is 4.39. The van der Waals surface area contributed by atoms with Gasteiger partial charge in [-0.3, -0.25) is 4.79 Å². The van der Waals surface area contributed by atoms with Crippen LogP contribution in [0, 0.1) is 12.8 Å². The van der Waals surface area contributed by atoms with E-state index < -0.39 is 0 Å². The van der Waals surface area contributed by atoms with Crippen LogP contribution in [-0.4, -0.2) is 24.0 Å². The maximum absolute atomic E-state index is 11.7. The second-order valence-corrected chi connectivity index (χ2v) is 5.82. The fraction of sp³-hybridized carbons (Fsp3) is 0.462. The van der Waals surface area contributed by atoms with Gasteiger partial charge in [-0.15, -0.1) is 0 Å². The van der Waals surface area contributed by atoms with Gasteiger partial charge in [0.25, 0.3) is 0 Å². The molecule has 0 saturated carbocycles. The fourth-order valence-electron chi connectivity index (χ4n) is 1.33. The second kappa shape index (κ2) is 7.67. The van der Waals surface area contributed by atoms with Crippen LogP contribution in [0.15, 0.2) is 18.2 Å². The summed E-state index contributed by atoms with van der Waals surface area (Å²) < 4.78 is 0. The summed E-state index contributed by atoms with van der Waals surface area (Å²) in [4.78, 5) is 11.7. The highest BCUT2D eigenvalue weighted by Crippen LogP contribution is 2.22. The Morgan fingerprint density at radius 2 is 2.28 bits per heavy atom. The van der Waals surface area contributed by atoms with Gasteiger partial charge in [0.05, 0.1) is 16.5 Å². The third-order valence-corrected chi connectivity index (χ3v) is 4.02. The SMILES string of the molecule is Cc1ccc(NC(=O)CSCC(C)CN)c(Cl)c1. The van der Waals surface area contributed by atoms with Gasteiger partial charge in [-0.25, -0.2) is 0 Å². The van der Waals surface area contributed by atoms with E-state index in [1.165, 1.54) is 0 Å².